The number of hydrogen-bond donors (Lipinski definition) is 1. The van der Waals surface area contributed by atoms with Gasteiger partial charge in [-0.2, -0.15) is 8.42 Å². The Morgan fingerprint density at radius 3 is 2.32 bits per heavy atom. The molecule has 22 heavy (non-hydrogen) atoms. The van der Waals surface area contributed by atoms with Crippen LogP contribution in [0.2, 0.25) is 0 Å². The fourth-order valence-electron chi connectivity index (χ4n) is 2.55. The molecule has 4 nitrogen and oxygen atoms in total. The van der Waals surface area contributed by atoms with E-state index in [1.807, 2.05) is 68.4 Å². The molecule has 0 heterocycles. The summed E-state index contributed by atoms with van der Waals surface area (Å²) < 4.78 is 33.5. The maximum atomic E-state index is 11.9. The van der Waals surface area contributed by atoms with Gasteiger partial charge in [-0.05, 0) is 37.1 Å². The molecule has 0 aliphatic carbocycles. The lowest BCUT2D eigenvalue weighted by atomic mass is 10.1. The van der Waals surface area contributed by atoms with Crippen molar-refractivity contribution < 1.29 is 13.0 Å². The van der Waals surface area contributed by atoms with Crippen molar-refractivity contribution in [1.29, 1.82) is 0 Å². The Morgan fingerprint density at radius 2 is 1.77 bits per heavy atom. The zero-order valence-corrected chi connectivity index (χ0v) is 13.6. The number of likely N-dealkylation sites (N-methyl/N-ethyl adjacent to an activating group) is 1. The molecule has 0 bridgehead atoms. The molecule has 0 aliphatic rings. The minimum absolute atomic E-state index is 0.238. The number of hydrogen-bond acceptors (Lipinski definition) is 3. The van der Waals surface area contributed by atoms with Crippen LogP contribution in [0, 0.1) is 6.92 Å². The summed E-state index contributed by atoms with van der Waals surface area (Å²) in [5, 5.41) is -0.998. The Morgan fingerprint density at radius 1 is 1.09 bits per heavy atom. The monoisotopic (exact) mass is 319 g/mol. The second-order valence-corrected chi connectivity index (χ2v) is 6.86. The number of benzene rings is 2. The molecule has 0 aliphatic heterocycles. The average Bonchev–Trinajstić information content (AvgIpc) is 2.47. The van der Waals surface area contributed by atoms with Gasteiger partial charge in [-0.25, -0.2) is 0 Å². The fraction of sp³-hybridized carbons (Fsp3) is 0.294. The third kappa shape index (κ3) is 4.08. The van der Waals surface area contributed by atoms with Crippen LogP contribution in [0.5, 0.6) is 0 Å². The molecule has 1 N–H and O–H groups in total. The zero-order chi connectivity index (χ0) is 16.2. The van der Waals surface area contributed by atoms with E-state index in [0.29, 0.717) is 6.54 Å². The van der Waals surface area contributed by atoms with E-state index in [2.05, 4.69) is 0 Å². The summed E-state index contributed by atoms with van der Waals surface area (Å²) in [4.78, 5) is 1.72. The number of nitrogens with zero attached hydrogens (tertiary/aromatic N) is 1. The Hall–Kier alpha value is -1.85. The second-order valence-electron chi connectivity index (χ2n) is 5.28. The van der Waals surface area contributed by atoms with Gasteiger partial charge in [-0.3, -0.25) is 4.55 Å². The first-order chi connectivity index (χ1) is 10.4. The summed E-state index contributed by atoms with van der Waals surface area (Å²) in [6.07, 6.45) is 0.238. The minimum atomic E-state index is -4.21. The van der Waals surface area contributed by atoms with Gasteiger partial charge in [0.05, 0.1) is 0 Å². The average molecular weight is 319 g/mol. The summed E-state index contributed by atoms with van der Waals surface area (Å²) in [5.74, 6) is 0. The Bertz CT molecular complexity index is 714. The Balaban J connectivity index is 2.39. The van der Waals surface area contributed by atoms with Crippen LogP contribution in [0.15, 0.2) is 54.6 Å². The first-order valence-corrected chi connectivity index (χ1v) is 8.75. The predicted molar refractivity (Wildman–Crippen MR) is 89.7 cm³/mol. The Kier molecular flexibility index (Phi) is 5.21. The minimum Gasteiger partial charge on any atom is -0.353 e. The zero-order valence-electron chi connectivity index (χ0n) is 12.8. The van der Waals surface area contributed by atoms with Gasteiger partial charge >= 0.3 is 0 Å². The van der Waals surface area contributed by atoms with Gasteiger partial charge in [0.1, 0.15) is 0 Å². The van der Waals surface area contributed by atoms with E-state index in [4.69, 9.17) is 0 Å². The lowest BCUT2D eigenvalue weighted by Crippen LogP contribution is -2.42. The summed E-state index contributed by atoms with van der Waals surface area (Å²) in [7, 11) is -4.21. The molecule has 1 unspecified atom stereocenters. The molecule has 0 saturated heterocycles. The van der Waals surface area contributed by atoms with Gasteiger partial charge in [0.15, 0.2) is 5.37 Å². The van der Waals surface area contributed by atoms with E-state index in [1.165, 1.54) is 0 Å². The van der Waals surface area contributed by atoms with Crippen LogP contribution < -0.4 is 4.90 Å². The van der Waals surface area contributed by atoms with E-state index in [9.17, 15) is 13.0 Å². The quantitative estimate of drug-likeness (QED) is 0.830. The van der Waals surface area contributed by atoms with Gasteiger partial charge in [0.25, 0.3) is 10.1 Å². The predicted octanol–water partition coefficient (Wildman–Crippen LogP) is 3.28. The van der Waals surface area contributed by atoms with E-state index >= 15 is 0 Å². The van der Waals surface area contributed by atoms with Crippen molar-refractivity contribution in [2.24, 2.45) is 0 Å². The van der Waals surface area contributed by atoms with Gasteiger partial charge in [0.2, 0.25) is 0 Å². The molecule has 118 valence electrons. The highest BCUT2D eigenvalue weighted by Crippen LogP contribution is 2.23. The lowest BCUT2D eigenvalue weighted by molar-refractivity contribution is 0.461. The largest absolute Gasteiger partial charge is 0.353 e. The smallest absolute Gasteiger partial charge is 0.286 e. The van der Waals surface area contributed by atoms with E-state index in [-0.39, 0.29) is 6.42 Å². The molecule has 0 fully saturated rings. The first kappa shape index (κ1) is 16.5. The molecule has 2 rings (SSSR count). The summed E-state index contributed by atoms with van der Waals surface area (Å²) >= 11 is 0. The van der Waals surface area contributed by atoms with E-state index in [1.54, 1.807) is 4.90 Å². The maximum absolute atomic E-state index is 11.9. The second kappa shape index (κ2) is 6.94. The van der Waals surface area contributed by atoms with Crippen LogP contribution in [0.3, 0.4) is 0 Å². The van der Waals surface area contributed by atoms with Crippen molar-refractivity contribution in [1.82, 2.24) is 0 Å². The summed E-state index contributed by atoms with van der Waals surface area (Å²) in [6.45, 7) is 4.32. The molecule has 0 amide bonds. The van der Waals surface area contributed by atoms with Crippen LogP contribution in [0.4, 0.5) is 5.69 Å². The highest BCUT2D eigenvalue weighted by Gasteiger charge is 2.29. The molecule has 0 aromatic heterocycles. The third-order valence-corrected chi connectivity index (χ3v) is 4.73. The van der Waals surface area contributed by atoms with Crippen molar-refractivity contribution in [2.75, 3.05) is 11.4 Å². The van der Waals surface area contributed by atoms with E-state index in [0.717, 1.165) is 16.8 Å². The molecule has 1 atom stereocenters. The first-order valence-electron chi connectivity index (χ1n) is 7.25. The normalized spacial score (nSPS) is 12.9. The SMILES string of the molecule is CCN(c1cccc(C)c1)C(Cc1ccccc1)S(=O)(=O)O. The van der Waals surface area contributed by atoms with Gasteiger partial charge < -0.3 is 4.90 Å². The van der Waals surface area contributed by atoms with Crippen LogP contribution >= 0.6 is 0 Å². The number of anilines is 1. The highest BCUT2D eigenvalue weighted by molar-refractivity contribution is 7.86. The number of aryl methyl sites for hydroxylation is 1. The number of rotatable bonds is 6. The lowest BCUT2D eigenvalue weighted by Gasteiger charge is -2.31. The van der Waals surface area contributed by atoms with Crippen LogP contribution in [0.25, 0.3) is 0 Å². The van der Waals surface area contributed by atoms with Crippen LogP contribution in [0.1, 0.15) is 18.1 Å². The van der Waals surface area contributed by atoms with Crippen molar-refractivity contribution in [3.63, 3.8) is 0 Å². The standard InChI is InChI=1S/C17H21NO3S/c1-3-18(16-11-7-8-14(2)12-16)17(22(19,20)21)13-15-9-5-4-6-10-15/h4-12,17H,3,13H2,1-2H3,(H,19,20,21). The van der Waals surface area contributed by atoms with Gasteiger partial charge in [0, 0.05) is 18.7 Å². The van der Waals surface area contributed by atoms with Gasteiger partial charge in [-0.15, -0.1) is 0 Å². The molecule has 0 saturated carbocycles. The molecule has 2 aromatic rings. The van der Waals surface area contributed by atoms with E-state index < -0.39 is 15.5 Å². The molecule has 0 radical (unpaired) electrons. The fourth-order valence-corrected chi connectivity index (χ4v) is 3.55. The molecular formula is C17H21NO3S. The molecular weight excluding hydrogens is 298 g/mol. The van der Waals surface area contributed by atoms with Crippen LogP contribution in [-0.2, 0) is 16.5 Å². The van der Waals surface area contributed by atoms with Crippen molar-refractivity contribution in [3.8, 4) is 0 Å². The maximum Gasteiger partial charge on any atom is 0.286 e. The molecule has 0 spiro atoms. The Labute approximate surface area is 132 Å². The molecule has 2 aromatic carbocycles. The third-order valence-electron chi connectivity index (χ3n) is 3.62. The highest BCUT2D eigenvalue weighted by atomic mass is 32.2. The van der Waals surface area contributed by atoms with Crippen molar-refractivity contribution in [2.45, 2.75) is 25.6 Å². The summed E-state index contributed by atoms with van der Waals surface area (Å²) in [5.41, 5.74) is 2.71. The van der Waals surface area contributed by atoms with Crippen molar-refractivity contribution in [3.05, 3.63) is 65.7 Å². The van der Waals surface area contributed by atoms with Gasteiger partial charge in [-0.1, -0.05) is 42.5 Å². The topological polar surface area (TPSA) is 57.6 Å². The summed E-state index contributed by atoms with van der Waals surface area (Å²) in [6, 6.07) is 17.0. The van der Waals surface area contributed by atoms with Crippen molar-refractivity contribution >= 4 is 15.8 Å². The van der Waals surface area contributed by atoms with Crippen LogP contribution in [-0.4, -0.2) is 24.9 Å². The molecule has 5 heteroatoms.